The first-order valence-corrected chi connectivity index (χ1v) is 11.2. The van der Waals surface area contributed by atoms with Gasteiger partial charge in [-0.1, -0.05) is 19.9 Å². The summed E-state index contributed by atoms with van der Waals surface area (Å²) in [7, 11) is -3.19. The quantitative estimate of drug-likeness (QED) is 0.706. The summed E-state index contributed by atoms with van der Waals surface area (Å²) in [5, 5.41) is 0.680. The summed E-state index contributed by atoms with van der Waals surface area (Å²) in [6, 6.07) is 5.47. The summed E-state index contributed by atoms with van der Waals surface area (Å²) in [4.78, 5) is 23.0. The van der Waals surface area contributed by atoms with Gasteiger partial charge >= 0.3 is 8.56 Å². The molecule has 1 atom stereocenters. The molecule has 1 aliphatic rings. The van der Waals surface area contributed by atoms with Crippen molar-refractivity contribution < 1.29 is 27.9 Å². The first-order valence-electron chi connectivity index (χ1n) is 8.88. The molecule has 1 aromatic rings. The van der Waals surface area contributed by atoms with Gasteiger partial charge in [-0.25, -0.2) is 0 Å². The van der Waals surface area contributed by atoms with Crippen LogP contribution in [0.2, 0.25) is 6.55 Å². The maximum Gasteiger partial charge on any atom is 0.496 e. The van der Waals surface area contributed by atoms with E-state index in [0.29, 0.717) is 17.7 Å². The SMILES string of the molecule is CC(=O)O[Si](C)(OC(C)=O)c1ccc2c(c1)COC(C)(CCC(C)C)O2. The number of hydrogen-bond donors (Lipinski definition) is 0. The van der Waals surface area contributed by atoms with Gasteiger partial charge in [0.1, 0.15) is 5.75 Å². The van der Waals surface area contributed by atoms with E-state index in [1.54, 1.807) is 12.6 Å². The Bertz CT molecular complexity index is 671. The summed E-state index contributed by atoms with van der Waals surface area (Å²) >= 11 is 0. The number of hydrogen-bond acceptors (Lipinski definition) is 6. The molecule has 0 N–H and O–H groups in total. The van der Waals surface area contributed by atoms with Gasteiger partial charge in [0.25, 0.3) is 11.9 Å². The van der Waals surface area contributed by atoms with Crippen molar-refractivity contribution in [2.45, 2.75) is 66.4 Å². The van der Waals surface area contributed by atoms with Crippen molar-refractivity contribution in [2.24, 2.45) is 5.92 Å². The highest BCUT2D eigenvalue weighted by molar-refractivity contribution is 6.82. The minimum Gasteiger partial charge on any atom is -0.482 e. The van der Waals surface area contributed by atoms with Crippen molar-refractivity contribution >= 4 is 25.7 Å². The van der Waals surface area contributed by atoms with Crippen LogP contribution in [-0.2, 0) is 29.8 Å². The summed E-state index contributed by atoms with van der Waals surface area (Å²) in [5.74, 6) is -0.292. The third-order valence-corrected chi connectivity index (χ3v) is 7.01. The molecule has 0 saturated carbocycles. The smallest absolute Gasteiger partial charge is 0.482 e. The van der Waals surface area contributed by atoms with E-state index in [1.807, 2.05) is 19.1 Å². The van der Waals surface area contributed by atoms with E-state index in [-0.39, 0.29) is 0 Å². The van der Waals surface area contributed by atoms with Gasteiger partial charge in [0.05, 0.1) is 6.61 Å². The lowest BCUT2D eigenvalue weighted by Gasteiger charge is -2.36. The Kier molecular flexibility index (Phi) is 6.13. The Morgan fingerprint density at radius 3 is 2.38 bits per heavy atom. The number of fused-ring (bicyclic) bond motifs is 1. The fraction of sp³-hybridized carbons (Fsp3) is 0.579. The second-order valence-corrected chi connectivity index (χ2v) is 10.3. The third-order valence-electron chi connectivity index (χ3n) is 4.30. The summed E-state index contributed by atoms with van der Waals surface area (Å²) in [6.07, 6.45) is 1.81. The Morgan fingerprint density at radius 1 is 1.23 bits per heavy atom. The molecule has 7 heteroatoms. The van der Waals surface area contributed by atoms with Crippen molar-refractivity contribution in [3.8, 4) is 5.75 Å². The van der Waals surface area contributed by atoms with Crippen LogP contribution in [0, 0.1) is 5.92 Å². The number of ether oxygens (including phenoxy) is 2. The van der Waals surface area contributed by atoms with Crippen LogP contribution in [0.1, 0.15) is 53.0 Å². The van der Waals surface area contributed by atoms with Gasteiger partial charge in [-0.3, -0.25) is 9.59 Å². The van der Waals surface area contributed by atoms with E-state index in [9.17, 15) is 9.59 Å². The molecule has 144 valence electrons. The molecule has 0 spiro atoms. The topological polar surface area (TPSA) is 71.1 Å². The second-order valence-electron chi connectivity index (χ2n) is 7.41. The fourth-order valence-corrected chi connectivity index (χ4v) is 5.13. The van der Waals surface area contributed by atoms with Crippen LogP contribution < -0.4 is 9.92 Å². The molecule has 26 heavy (non-hydrogen) atoms. The van der Waals surface area contributed by atoms with Crippen molar-refractivity contribution in [2.75, 3.05) is 0 Å². The van der Waals surface area contributed by atoms with Crippen molar-refractivity contribution in [1.29, 1.82) is 0 Å². The largest absolute Gasteiger partial charge is 0.496 e. The molecule has 1 aromatic carbocycles. The Hall–Kier alpha value is -1.86. The predicted octanol–water partition coefficient (Wildman–Crippen LogP) is 3.15. The van der Waals surface area contributed by atoms with Gasteiger partial charge in [0.15, 0.2) is 0 Å². The number of rotatable bonds is 6. The van der Waals surface area contributed by atoms with Gasteiger partial charge in [-0.2, -0.15) is 0 Å². The highest BCUT2D eigenvalue weighted by atomic mass is 28.4. The molecule has 6 nitrogen and oxygen atoms in total. The zero-order chi connectivity index (χ0) is 19.5. The minimum absolute atomic E-state index is 0.391. The Labute approximate surface area is 156 Å². The van der Waals surface area contributed by atoms with Crippen molar-refractivity contribution in [3.05, 3.63) is 23.8 Å². The molecule has 0 aliphatic carbocycles. The fourth-order valence-electron chi connectivity index (χ4n) is 2.93. The van der Waals surface area contributed by atoms with Gasteiger partial charge in [-0.15, -0.1) is 0 Å². The standard InChI is InChI=1S/C19H28O6Si/c1-13(2)9-10-19(5)22-12-16-11-17(7-8-18(16)23-19)26(6,24-14(3)20)25-15(4)21/h7-8,11,13H,9-10,12H2,1-6H3. The monoisotopic (exact) mass is 380 g/mol. The van der Waals surface area contributed by atoms with Crippen LogP contribution in [0.5, 0.6) is 5.75 Å². The molecule has 0 saturated heterocycles. The Morgan fingerprint density at radius 2 is 1.85 bits per heavy atom. The lowest BCUT2D eigenvalue weighted by atomic mass is 10.0. The van der Waals surface area contributed by atoms with Gasteiger partial charge in [-0.05, 0) is 24.5 Å². The summed E-state index contributed by atoms with van der Waals surface area (Å²) in [6.45, 7) is 11.0. The van der Waals surface area contributed by atoms with Crippen molar-refractivity contribution in [3.63, 3.8) is 0 Å². The van der Waals surface area contributed by atoms with Crippen LogP contribution in [0.3, 0.4) is 0 Å². The summed E-state index contributed by atoms with van der Waals surface area (Å²) in [5.41, 5.74) is 0.850. The first kappa shape index (κ1) is 20.4. The molecule has 1 unspecified atom stereocenters. The molecule has 0 bridgehead atoms. The number of carbonyl (C=O) groups is 2. The molecule has 0 radical (unpaired) electrons. The van der Waals surface area contributed by atoms with Gasteiger partial charge in [0.2, 0.25) is 5.79 Å². The van der Waals surface area contributed by atoms with Crippen LogP contribution in [-0.4, -0.2) is 26.3 Å². The molecular formula is C19H28O6Si. The van der Waals surface area contributed by atoms with E-state index in [2.05, 4.69) is 13.8 Å². The summed E-state index contributed by atoms with van der Waals surface area (Å²) < 4.78 is 22.8. The zero-order valence-corrected chi connectivity index (χ0v) is 17.4. The molecular weight excluding hydrogens is 352 g/mol. The van der Waals surface area contributed by atoms with Crippen molar-refractivity contribution in [1.82, 2.24) is 0 Å². The van der Waals surface area contributed by atoms with E-state index < -0.39 is 26.3 Å². The van der Waals surface area contributed by atoms with Crippen LogP contribution in [0.4, 0.5) is 0 Å². The number of benzene rings is 1. The molecule has 0 amide bonds. The predicted molar refractivity (Wildman–Crippen MR) is 99.1 cm³/mol. The first-order chi connectivity index (χ1) is 12.0. The third kappa shape index (κ3) is 5.08. The zero-order valence-electron chi connectivity index (χ0n) is 16.4. The normalized spacial score (nSPS) is 19.5. The lowest BCUT2D eigenvalue weighted by molar-refractivity contribution is -0.198. The molecule has 2 rings (SSSR count). The van der Waals surface area contributed by atoms with Crippen LogP contribution >= 0.6 is 0 Å². The van der Waals surface area contributed by atoms with Crippen LogP contribution in [0.15, 0.2) is 18.2 Å². The van der Waals surface area contributed by atoms with E-state index in [4.69, 9.17) is 18.3 Å². The minimum atomic E-state index is -3.19. The van der Waals surface area contributed by atoms with E-state index in [1.165, 1.54) is 13.8 Å². The van der Waals surface area contributed by atoms with Crippen LogP contribution in [0.25, 0.3) is 0 Å². The average molecular weight is 381 g/mol. The van der Waals surface area contributed by atoms with E-state index in [0.717, 1.165) is 24.2 Å². The maximum atomic E-state index is 11.5. The highest BCUT2D eigenvalue weighted by Crippen LogP contribution is 2.34. The van der Waals surface area contributed by atoms with Gasteiger partial charge < -0.3 is 18.3 Å². The lowest BCUT2D eigenvalue weighted by Crippen LogP contribution is -2.53. The number of carbonyl (C=O) groups excluding carboxylic acids is 2. The molecule has 1 aliphatic heterocycles. The Balaban J connectivity index is 2.26. The van der Waals surface area contributed by atoms with E-state index >= 15 is 0 Å². The second kappa shape index (κ2) is 7.80. The highest BCUT2D eigenvalue weighted by Gasteiger charge is 2.42. The molecule has 1 heterocycles. The maximum absolute atomic E-state index is 11.5. The molecule has 0 aromatic heterocycles. The molecule has 0 fully saturated rings. The van der Waals surface area contributed by atoms with Gasteiger partial charge in [0, 0.05) is 44.5 Å². The average Bonchev–Trinajstić information content (AvgIpc) is 2.51.